The minimum atomic E-state index is -1.62. The van der Waals surface area contributed by atoms with Crippen LogP contribution in [0.2, 0.25) is 18.1 Å². The Morgan fingerprint density at radius 2 is 1.44 bits per heavy atom. The molecule has 0 fully saturated rings. The minimum Gasteiger partial charge on any atom is -0.163 e. The number of nitrogens with zero attached hydrogens (tertiary/aromatic N) is 1. The normalized spacial score (nSPS) is 11.4. The molecule has 0 radical (unpaired) electrons. The van der Waals surface area contributed by atoms with E-state index in [1.807, 2.05) is 0 Å². The second-order valence-electron chi connectivity index (χ2n) is 2.38. The van der Waals surface area contributed by atoms with Crippen LogP contribution >= 0.6 is 0 Å². The molecule has 0 saturated carbocycles. The summed E-state index contributed by atoms with van der Waals surface area (Å²) < 4.78 is 0. The van der Waals surface area contributed by atoms with Gasteiger partial charge in [-0.15, -0.1) is 4.84 Å². The third kappa shape index (κ3) is 1.89. The zero-order chi connectivity index (χ0) is 7.33. The first kappa shape index (κ1) is 8.82. The summed E-state index contributed by atoms with van der Waals surface area (Å²) in [6, 6.07) is 3.01. The van der Waals surface area contributed by atoms with Gasteiger partial charge in [-0.05, 0) is 18.1 Å². The van der Waals surface area contributed by atoms with Crippen molar-refractivity contribution in [2.75, 3.05) is 0 Å². The van der Waals surface area contributed by atoms with Gasteiger partial charge >= 0.3 is 0 Å². The van der Waals surface area contributed by atoms with Gasteiger partial charge < -0.3 is 0 Å². The van der Waals surface area contributed by atoms with Gasteiger partial charge in [0.25, 0.3) is 0 Å². The number of rotatable bonds is 4. The molecule has 0 atom stereocenters. The lowest BCUT2D eigenvalue weighted by Crippen LogP contribution is -2.27. The van der Waals surface area contributed by atoms with Crippen molar-refractivity contribution in [1.29, 1.82) is 0 Å². The molecule has 9 heavy (non-hydrogen) atoms. The molecule has 0 amide bonds. The van der Waals surface area contributed by atoms with Crippen LogP contribution in [0.1, 0.15) is 20.8 Å². The van der Waals surface area contributed by atoms with E-state index >= 15 is 0 Å². The summed E-state index contributed by atoms with van der Waals surface area (Å²) in [7, 11) is -1.62. The fourth-order valence-electron chi connectivity index (χ4n) is 0.944. The molecule has 2 nitrogen and oxygen atoms in total. The first-order valence-electron chi connectivity index (χ1n) is 3.59. The quantitative estimate of drug-likeness (QED) is 0.442. The Hall–Kier alpha value is -0.183. The zero-order valence-corrected chi connectivity index (χ0v) is 7.48. The van der Waals surface area contributed by atoms with Crippen LogP contribution in [0.3, 0.4) is 0 Å². The van der Waals surface area contributed by atoms with E-state index in [0.29, 0.717) is 0 Å². The lowest BCUT2D eigenvalue weighted by Gasteiger charge is -2.15. The molecule has 0 heterocycles. The molecule has 0 aliphatic carbocycles. The monoisotopic (exact) mass is 145 g/mol. The molecular formula is C6H15NOSi. The molecule has 0 N–H and O–H groups in total. The Morgan fingerprint density at radius 3 is 1.44 bits per heavy atom. The Morgan fingerprint density at radius 1 is 1.11 bits per heavy atom. The zero-order valence-electron chi connectivity index (χ0n) is 6.48. The lowest BCUT2D eigenvalue weighted by atomic mass is 10.9. The second kappa shape index (κ2) is 3.77. The summed E-state index contributed by atoms with van der Waals surface area (Å²) in [4.78, 5) is 13.6. The Balaban J connectivity index is 3.98. The maximum atomic E-state index is 10.3. The summed E-state index contributed by atoms with van der Waals surface area (Å²) in [5.41, 5.74) is 0. The average molecular weight is 145 g/mol. The summed E-state index contributed by atoms with van der Waals surface area (Å²) in [6.45, 7) is 6.21. The van der Waals surface area contributed by atoms with Crippen LogP contribution in [0.15, 0.2) is 4.84 Å². The van der Waals surface area contributed by atoms with Crippen LogP contribution in [0, 0.1) is 4.91 Å². The molecule has 3 heteroatoms. The maximum absolute atomic E-state index is 10.3. The van der Waals surface area contributed by atoms with Gasteiger partial charge in [-0.3, -0.25) is 0 Å². The second-order valence-corrected chi connectivity index (χ2v) is 7.13. The van der Waals surface area contributed by atoms with E-state index in [9.17, 15) is 4.91 Å². The number of nitroso groups, excluding NO2 is 1. The largest absolute Gasteiger partial charge is 0.236 e. The van der Waals surface area contributed by atoms with Crippen LogP contribution in [0.25, 0.3) is 0 Å². The highest BCUT2D eigenvalue weighted by atomic mass is 28.3. The third-order valence-corrected chi connectivity index (χ3v) is 6.50. The van der Waals surface area contributed by atoms with Crippen molar-refractivity contribution in [3.8, 4) is 0 Å². The van der Waals surface area contributed by atoms with Crippen molar-refractivity contribution < 1.29 is 0 Å². The van der Waals surface area contributed by atoms with Gasteiger partial charge in [-0.2, -0.15) is 4.91 Å². The number of hydrogen-bond donors (Lipinski definition) is 0. The van der Waals surface area contributed by atoms with Gasteiger partial charge in [-0.1, -0.05) is 20.8 Å². The molecule has 0 aromatic heterocycles. The Labute approximate surface area is 57.7 Å². The predicted octanol–water partition coefficient (Wildman–Crippen LogP) is 2.76. The van der Waals surface area contributed by atoms with E-state index in [0.717, 1.165) is 18.1 Å². The molecule has 0 rings (SSSR count). The van der Waals surface area contributed by atoms with Crippen molar-refractivity contribution in [3.05, 3.63) is 4.91 Å². The predicted molar refractivity (Wildman–Crippen MR) is 43.0 cm³/mol. The fourth-order valence-corrected chi connectivity index (χ4v) is 2.83. The average Bonchev–Trinajstić information content (AvgIpc) is 1.95. The maximum Gasteiger partial charge on any atom is 0.236 e. The minimum absolute atomic E-state index is 1.00. The van der Waals surface area contributed by atoms with Crippen molar-refractivity contribution >= 4 is 8.24 Å². The smallest absolute Gasteiger partial charge is 0.163 e. The SMILES string of the molecule is CC[Si](CC)(CC)N=O. The molecule has 54 valence electrons. The molecular weight excluding hydrogens is 130 g/mol. The standard InChI is InChI=1S/C6H15NOSi/c1-4-9(5-2,6-3)7-8/h4-6H2,1-3H3. The van der Waals surface area contributed by atoms with Gasteiger partial charge in [0.15, 0.2) is 0 Å². The molecule has 0 aromatic carbocycles. The molecule has 0 aromatic rings. The third-order valence-electron chi connectivity index (χ3n) is 2.17. The summed E-state index contributed by atoms with van der Waals surface area (Å²) >= 11 is 0. The van der Waals surface area contributed by atoms with Crippen LogP contribution in [-0.2, 0) is 0 Å². The summed E-state index contributed by atoms with van der Waals surface area (Å²) in [5, 5.41) is 0. The van der Waals surface area contributed by atoms with Gasteiger partial charge in [0, 0.05) is 0 Å². The highest BCUT2D eigenvalue weighted by Gasteiger charge is 2.28. The highest BCUT2D eigenvalue weighted by molar-refractivity contribution is 6.77. The molecule has 0 unspecified atom stereocenters. The highest BCUT2D eigenvalue weighted by Crippen LogP contribution is 2.20. The van der Waals surface area contributed by atoms with Gasteiger partial charge in [0.05, 0.1) is 0 Å². The molecule has 0 aliphatic rings. The first-order valence-corrected chi connectivity index (χ1v) is 6.16. The molecule has 0 bridgehead atoms. The molecule has 0 saturated heterocycles. The summed E-state index contributed by atoms with van der Waals surface area (Å²) in [5.74, 6) is 0. The van der Waals surface area contributed by atoms with Gasteiger partial charge in [-0.25, -0.2) is 0 Å². The van der Waals surface area contributed by atoms with Crippen molar-refractivity contribution in [3.63, 3.8) is 0 Å². The van der Waals surface area contributed by atoms with E-state index < -0.39 is 8.24 Å². The van der Waals surface area contributed by atoms with E-state index in [4.69, 9.17) is 0 Å². The van der Waals surface area contributed by atoms with E-state index in [2.05, 4.69) is 25.6 Å². The van der Waals surface area contributed by atoms with E-state index in [-0.39, 0.29) is 0 Å². The van der Waals surface area contributed by atoms with Crippen LogP contribution in [-0.4, -0.2) is 8.24 Å². The topological polar surface area (TPSA) is 29.4 Å². The summed E-state index contributed by atoms with van der Waals surface area (Å²) in [6.07, 6.45) is 0. The van der Waals surface area contributed by atoms with Crippen LogP contribution < -0.4 is 0 Å². The fraction of sp³-hybridized carbons (Fsp3) is 1.00. The van der Waals surface area contributed by atoms with E-state index in [1.165, 1.54) is 0 Å². The molecule has 0 spiro atoms. The van der Waals surface area contributed by atoms with E-state index in [1.54, 1.807) is 0 Å². The lowest BCUT2D eigenvalue weighted by molar-refractivity contribution is 1.14. The first-order chi connectivity index (χ1) is 4.24. The van der Waals surface area contributed by atoms with Crippen LogP contribution in [0.4, 0.5) is 0 Å². The van der Waals surface area contributed by atoms with Crippen molar-refractivity contribution in [2.24, 2.45) is 4.84 Å². The van der Waals surface area contributed by atoms with Crippen molar-refractivity contribution in [2.45, 2.75) is 38.9 Å². The Bertz CT molecular complexity index is 82.8. The van der Waals surface area contributed by atoms with Gasteiger partial charge in [0.2, 0.25) is 8.24 Å². The Kier molecular flexibility index (Phi) is 3.69. The van der Waals surface area contributed by atoms with Crippen LogP contribution in [0.5, 0.6) is 0 Å². The molecule has 0 aliphatic heterocycles. The number of hydrogen-bond acceptors (Lipinski definition) is 2. The van der Waals surface area contributed by atoms with Gasteiger partial charge in [0.1, 0.15) is 0 Å². The van der Waals surface area contributed by atoms with Crippen molar-refractivity contribution in [1.82, 2.24) is 0 Å².